The van der Waals surface area contributed by atoms with Crippen molar-refractivity contribution in [2.24, 2.45) is 0 Å². The molecule has 0 aliphatic rings. The molecule has 3 aromatic carbocycles. The predicted octanol–water partition coefficient (Wildman–Crippen LogP) is 5.61. The molecule has 0 spiro atoms. The Morgan fingerprint density at radius 1 is 1.03 bits per heavy atom. The molecule has 0 bridgehead atoms. The van der Waals surface area contributed by atoms with E-state index in [2.05, 4.69) is 24.4 Å². The third kappa shape index (κ3) is 5.75. The number of ether oxygens (including phenoxy) is 2. The second kappa shape index (κ2) is 10.3. The molecule has 6 nitrogen and oxygen atoms in total. The van der Waals surface area contributed by atoms with Crippen molar-refractivity contribution in [3.63, 3.8) is 0 Å². The Morgan fingerprint density at radius 2 is 1.79 bits per heavy atom. The van der Waals surface area contributed by atoms with Gasteiger partial charge in [-0.1, -0.05) is 31.2 Å². The minimum atomic E-state index is -0.899. The summed E-state index contributed by atoms with van der Waals surface area (Å²) in [4.78, 5) is 29.4. The Hall–Kier alpha value is -3.71. The van der Waals surface area contributed by atoms with Crippen LogP contribution in [0.1, 0.15) is 18.9 Å². The summed E-state index contributed by atoms with van der Waals surface area (Å²) in [6, 6.07) is 22.6. The van der Waals surface area contributed by atoms with Crippen molar-refractivity contribution < 1.29 is 19.1 Å². The van der Waals surface area contributed by atoms with Crippen molar-refractivity contribution in [1.82, 2.24) is 4.98 Å². The van der Waals surface area contributed by atoms with Crippen LogP contribution >= 0.6 is 11.3 Å². The van der Waals surface area contributed by atoms with Crippen molar-refractivity contribution >= 4 is 39.1 Å². The van der Waals surface area contributed by atoms with Crippen LogP contribution in [-0.4, -0.2) is 29.6 Å². The number of esters is 1. The number of aryl methyl sites for hydroxylation is 1. The van der Waals surface area contributed by atoms with Gasteiger partial charge in [0, 0.05) is 11.3 Å². The van der Waals surface area contributed by atoms with Gasteiger partial charge < -0.3 is 14.8 Å². The van der Waals surface area contributed by atoms with Crippen LogP contribution in [0.2, 0.25) is 0 Å². The lowest BCUT2D eigenvalue weighted by Gasteiger charge is -2.16. The van der Waals surface area contributed by atoms with E-state index >= 15 is 0 Å². The van der Waals surface area contributed by atoms with E-state index in [-0.39, 0.29) is 12.5 Å². The number of nitrogens with zero attached hydrogens (tertiary/aromatic N) is 1. The van der Waals surface area contributed by atoms with Crippen LogP contribution in [0.4, 0.5) is 5.69 Å². The van der Waals surface area contributed by atoms with Crippen molar-refractivity contribution in [1.29, 1.82) is 0 Å². The number of fused-ring (bicyclic) bond motifs is 1. The van der Waals surface area contributed by atoms with Gasteiger partial charge in [-0.25, -0.2) is 9.78 Å². The number of nitrogens with one attached hydrogen (secondary N) is 1. The molecule has 0 aliphatic carbocycles. The zero-order valence-electron chi connectivity index (χ0n) is 18.4. The van der Waals surface area contributed by atoms with Crippen molar-refractivity contribution in [3.05, 3.63) is 78.4 Å². The van der Waals surface area contributed by atoms with E-state index in [1.807, 2.05) is 48.5 Å². The molecular formula is C26H24N2O4S. The number of rotatable bonds is 8. The summed E-state index contributed by atoms with van der Waals surface area (Å²) in [5.41, 5.74) is 3.77. The molecule has 4 rings (SSSR count). The molecule has 1 aromatic heterocycles. The Kier molecular flexibility index (Phi) is 7.00. The first kappa shape index (κ1) is 22.5. The smallest absolute Gasteiger partial charge is 0.344 e. The van der Waals surface area contributed by atoms with Gasteiger partial charge in [0.05, 0.1) is 10.2 Å². The van der Waals surface area contributed by atoms with Gasteiger partial charge in [-0.2, -0.15) is 0 Å². The number of para-hydroxylation sites is 1. The monoisotopic (exact) mass is 460 g/mol. The molecule has 0 saturated carbocycles. The normalized spacial score (nSPS) is 11.7. The fraction of sp³-hybridized carbons (Fsp3) is 0.192. The van der Waals surface area contributed by atoms with Gasteiger partial charge in [0.2, 0.25) is 0 Å². The molecule has 0 aliphatic heterocycles. The number of carbonyl (C=O) groups is 2. The van der Waals surface area contributed by atoms with Gasteiger partial charge in [-0.3, -0.25) is 4.79 Å². The number of amides is 1. The van der Waals surface area contributed by atoms with E-state index < -0.39 is 12.1 Å². The highest BCUT2D eigenvalue weighted by Gasteiger charge is 2.21. The molecule has 1 amide bonds. The molecule has 0 fully saturated rings. The molecule has 168 valence electrons. The first-order valence-corrected chi connectivity index (χ1v) is 11.5. The van der Waals surface area contributed by atoms with Crippen LogP contribution in [-0.2, 0) is 14.3 Å². The fourth-order valence-corrected chi connectivity index (χ4v) is 4.32. The second-order valence-electron chi connectivity index (χ2n) is 7.55. The third-order valence-corrected chi connectivity index (χ3v) is 6.05. The van der Waals surface area contributed by atoms with E-state index in [1.165, 1.54) is 5.56 Å². The maximum atomic E-state index is 12.6. The minimum absolute atomic E-state index is 0.260. The number of aromatic nitrogens is 1. The van der Waals surface area contributed by atoms with Crippen LogP contribution in [0.25, 0.3) is 20.8 Å². The van der Waals surface area contributed by atoms with Gasteiger partial charge in [-0.15, -0.1) is 11.3 Å². The highest BCUT2D eigenvalue weighted by atomic mass is 32.1. The lowest BCUT2D eigenvalue weighted by atomic mass is 10.2. The molecule has 33 heavy (non-hydrogen) atoms. The van der Waals surface area contributed by atoms with Crippen LogP contribution in [0.3, 0.4) is 0 Å². The minimum Gasteiger partial charge on any atom is -0.482 e. The lowest BCUT2D eigenvalue weighted by Crippen LogP contribution is -2.33. The molecular weight excluding hydrogens is 436 g/mol. The zero-order chi connectivity index (χ0) is 23.2. The number of carbonyl (C=O) groups excluding carboxylic acids is 2. The highest BCUT2D eigenvalue weighted by Crippen LogP contribution is 2.31. The quantitative estimate of drug-likeness (QED) is 0.346. The van der Waals surface area contributed by atoms with Crippen LogP contribution < -0.4 is 10.1 Å². The van der Waals surface area contributed by atoms with E-state index in [0.29, 0.717) is 17.9 Å². The van der Waals surface area contributed by atoms with Crippen LogP contribution in [0, 0.1) is 6.92 Å². The SMILES string of the molecule is CCC(OC(=O)COc1ccccc1)C(=O)Nc1ccc(-c2nc3ccc(C)cc3s2)cc1. The Labute approximate surface area is 196 Å². The summed E-state index contributed by atoms with van der Waals surface area (Å²) in [6.07, 6.45) is -0.546. The van der Waals surface area contributed by atoms with Crippen molar-refractivity contribution in [2.45, 2.75) is 26.4 Å². The first-order valence-electron chi connectivity index (χ1n) is 10.7. The predicted molar refractivity (Wildman–Crippen MR) is 131 cm³/mol. The van der Waals surface area contributed by atoms with Crippen molar-refractivity contribution in [2.75, 3.05) is 11.9 Å². The fourth-order valence-electron chi connectivity index (χ4n) is 3.25. The van der Waals surface area contributed by atoms with Gasteiger partial charge >= 0.3 is 5.97 Å². The van der Waals surface area contributed by atoms with E-state index in [0.717, 1.165) is 20.8 Å². The van der Waals surface area contributed by atoms with Gasteiger partial charge in [0.15, 0.2) is 12.7 Å². The average Bonchev–Trinajstić information content (AvgIpc) is 3.25. The number of hydrogen-bond donors (Lipinski definition) is 1. The maximum absolute atomic E-state index is 12.6. The average molecular weight is 461 g/mol. The maximum Gasteiger partial charge on any atom is 0.344 e. The van der Waals surface area contributed by atoms with Crippen LogP contribution in [0.15, 0.2) is 72.8 Å². The third-order valence-electron chi connectivity index (χ3n) is 4.98. The van der Waals surface area contributed by atoms with Gasteiger partial charge in [0.25, 0.3) is 5.91 Å². The molecule has 4 aromatic rings. The first-order chi connectivity index (χ1) is 16.0. The number of anilines is 1. The summed E-state index contributed by atoms with van der Waals surface area (Å²) in [5.74, 6) is -0.411. The molecule has 1 atom stereocenters. The zero-order valence-corrected chi connectivity index (χ0v) is 19.2. The van der Waals surface area contributed by atoms with E-state index in [9.17, 15) is 9.59 Å². The van der Waals surface area contributed by atoms with Gasteiger partial charge in [-0.05, 0) is 67.4 Å². The number of benzene rings is 3. The standard InChI is InChI=1S/C26H24N2O4S/c1-3-22(32-24(29)16-31-20-7-5-4-6-8-20)25(30)27-19-12-10-18(11-13-19)26-28-21-14-9-17(2)15-23(21)33-26/h4-15,22H,3,16H2,1-2H3,(H,27,30). The Balaban J connectivity index is 1.34. The van der Waals surface area contributed by atoms with Gasteiger partial charge in [0.1, 0.15) is 10.8 Å². The largest absolute Gasteiger partial charge is 0.482 e. The van der Waals surface area contributed by atoms with E-state index in [1.54, 1.807) is 30.4 Å². The molecule has 0 saturated heterocycles. The molecule has 1 heterocycles. The summed E-state index contributed by atoms with van der Waals surface area (Å²) in [6.45, 7) is 3.59. The highest BCUT2D eigenvalue weighted by molar-refractivity contribution is 7.21. The summed E-state index contributed by atoms with van der Waals surface area (Å²) in [5, 5.41) is 3.73. The Morgan fingerprint density at radius 3 is 2.52 bits per heavy atom. The van der Waals surface area contributed by atoms with Crippen LogP contribution in [0.5, 0.6) is 5.75 Å². The Bertz CT molecular complexity index is 1250. The van der Waals surface area contributed by atoms with Crippen molar-refractivity contribution in [3.8, 4) is 16.3 Å². The number of hydrogen-bond acceptors (Lipinski definition) is 6. The molecule has 0 radical (unpaired) electrons. The molecule has 1 unspecified atom stereocenters. The molecule has 7 heteroatoms. The summed E-state index contributed by atoms with van der Waals surface area (Å²) >= 11 is 1.63. The topological polar surface area (TPSA) is 77.5 Å². The molecule has 1 N–H and O–H groups in total. The second-order valence-corrected chi connectivity index (χ2v) is 8.58. The lowest BCUT2D eigenvalue weighted by molar-refractivity contribution is -0.156. The van der Waals surface area contributed by atoms with E-state index in [4.69, 9.17) is 14.5 Å². The number of thiazole rings is 1. The summed E-state index contributed by atoms with van der Waals surface area (Å²) in [7, 11) is 0. The summed E-state index contributed by atoms with van der Waals surface area (Å²) < 4.78 is 11.8.